The van der Waals surface area contributed by atoms with Crippen molar-refractivity contribution in [2.45, 2.75) is 69.4 Å². The van der Waals surface area contributed by atoms with Gasteiger partial charge in [0.15, 0.2) is 0 Å². The second kappa shape index (κ2) is 8.48. The van der Waals surface area contributed by atoms with E-state index in [9.17, 15) is 18.0 Å². The first-order valence-electron chi connectivity index (χ1n) is 12.5. The summed E-state index contributed by atoms with van der Waals surface area (Å²) in [6, 6.07) is 5.56. The first kappa shape index (κ1) is 23.5. The van der Waals surface area contributed by atoms with Crippen molar-refractivity contribution in [1.29, 1.82) is 0 Å². The Bertz CT molecular complexity index is 1050. The van der Waals surface area contributed by atoms with Gasteiger partial charge in [0.2, 0.25) is 21.8 Å². The van der Waals surface area contributed by atoms with Crippen molar-refractivity contribution in [2.24, 2.45) is 23.2 Å². The van der Waals surface area contributed by atoms with Crippen LogP contribution in [0, 0.1) is 23.2 Å². The lowest BCUT2D eigenvalue weighted by atomic mass is 9.49. The van der Waals surface area contributed by atoms with E-state index in [2.05, 4.69) is 11.9 Å². The Balaban J connectivity index is 1.31. The number of sulfonamides is 1. The molecule has 6 rings (SSSR count). The molecule has 1 aromatic carbocycles. The summed E-state index contributed by atoms with van der Waals surface area (Å²) in [5, 5.41) is 2.63. The molecule has 0 radical (unpaired) electrons. The molecule has 0 spiro atoms. The molecule has 8 heteroatoms. The molecule has 2 atom stereocenters. The molecule has 1 aliphatic heterocycles. The Kier molecular flexibility index (Phi) is 5.88. The van der Waals surface area contributed by atoms with Gasteiger partial charge in [0, 0.05) is 30.9 Å². The molecule has 5 fully saturated rings. The highest BCUT2D eigenvalue weighted by molar-refractivity contribution is 7.89. The second-order valence-electron chi connectivity index (χ2n) is 11.2. The van der Waals surface area contributed by atoms with Gasteiger partial charge >= 0.3 is 0 Å². The van der Waals surface area contributed by atoms with Crippen LogP contribution < -0.4 is 5.32 Å². The molecule has 4 bridgehead atoms. The summed E-state index contributed by atoms with van der Waals surface area (Å²) < 4.78 is 28.6. The molecular formula is C26H35N3O4S. The van der Waals surface area contributed by atoms with Crippen molar-refractivity contribution in [1.82, 2.24) is 9.21 Å². The molecule has 5 aliphatic rings. The summed E-state index contributed by atoms with van der Waals surface area (Å²) in [6.07, 6.45) is 8.11. The maximum absolute atomic E-state index is 13.8. The fraction of sp³-hybridized carbons (Fsp3) is 0.615. The minimum absolute atomic E-state index is 0.184. The normalized spacial score (nSPS) is 35.2. The number of carbonyl (C=O) groups is 2. The predicted molar refractivity (Wildman–Crippen MR) is 130 cm³/mol. The molecule has 4 saturated carbocycles. The van der Waals surface area contributed by atoms with E-state index in [-0.39, 0.29) is 34.2 Å². The van der Waals surface area contributed by atoms with E-state index in [0.717, 1.165) is 25.3 Å². The van der Waals surface area contributed by atoms with Crippen LogP contribution in [0.2, 0.25) is 0 Å². The van der Waals surface area contributed by atoms with Gasteiger partial charge in [0.25, 0.3) is 0 Å². The molecule has 1 heterocycles. The van der Waals surface area contributed by atoms with Crippen LogP contribution in [0.15, 0.2) is 41.8 Å². The molecular weight excluding hydrogens is 450 g/mol. The largest absolute Gasteiger partial charge is 0.339 e. The highest BCUT2D eigenvalue weighted by Crippen LogP contribution is 2.60. The standard InChI is InChI=1S/C26H35N3O4S/c1-4-24(30)27-22-5-7-23(8-6-22)34(32,33)29-17(2)15-28(16-18(29)3)25(31)26-12-19-9-20(13-26)11-21(10-19)14-26/h4-8,17-21H,1,9-16H2,2-3H3,(H,27,30)/t17-,18+,19?,20?,21?,26?. The van der Waals surface area contributed by atoms with Crippen LogP contribution in [0.4, 0.5) is 5.69 Å². The van der Waals surface area contributed by atoms with Crippen molar-refractivity contribution in [3.63, 3.8) is 0 Å². The fourth-order valence-electron chi connectivity index (χ4n) is 7.68. The Hall–Kier alpha value is -2.19. The number of rotatable bonds is 5. The van der Waals surface area contributed by atoms with Crippen LogP contribution in [0.25, 0.3) is 0 Å². The lowest BCUT2D eigenvalue weighted by Gasteiger charge is -2.57. The van der Waals surface area contributed by atoms with E-state index in [4.69, 9.17) is 0 Å². The summed E-state index contributed by atoms with van der Waals surface area (Å²) in [6.45, 7) is 8.07. The molecule has 1 N–H and O–H groups in total. The minimum atomic E-state index is -3.74. The smallest absolute Gasteiger partial charge is 0.247 e. The topological polar surface area (TPSA) is 86.8 Å². The highest BCUT2D eigenvalue weighted by Gasteiger charge is 2.56. The zero-order chi connectivity index (χ0) is 24.3. The van der Waals surface area contributed by atoms with Crippen LogP contribution in [-0.4, -0.2) is 54.6 Å². The number of carbonyl (C=O) groups excluding carboxylic acids is 2. The van der Waals surface area contributed by atoms with Crippen molar-refractivity contribution in [2.75, 3.05) is 18.4 Å². The molecule has 1 saturated heterocycles. The zero-order valence-corrected chi connectivity index (χ0v) is 20.9. The summed E-state index contributed by atoms with van der Waals surface area (Å²) in [7, 11) is -3.74. The van der Waals surface area contributed by atoms with E-state index < -0.39 is 10.0 Å². The molecule has 0 aromatic heterocycles. The second-order valence-corrected chi connectivity index (χ2v) is 13.0. The Morgan fingerprint density at radius 2 is 1.47 bits per heavy atom. The Morgan fingerprint density at radius 3 is 1.94 bits per heavy atom. The van der Waals surface area contributed by atoms with E-state index in [1.807, 2.05) is 18.7 Å². The van der Waals surface area contributed by atoms with Crippen LogP contribution in [-0.2, 0) is 19.6 Å². The maximum atomic E-state index is 13.8. The molecule has 1 aromatic rings. The van der Waals surface area contributed by atoms with Crippen LogP contribution in [0.5, 0.6) is 0 Å². The minimum Gasteiger partial charge on any atom is -0.339 e. The third-order valence-corrected chi connectivity index (χ3v) is 10.6. The van der Waals surface area contributed by atoms with Crippen LogP contribution in [0.1, 0.15) is 52.4 Å². The molecule has 184 valence electrons. The maximum Gasteiger partial charge on any atom is 0.247 e. The molecule has 0 unspecified atom stereocenters. The first-order valence-corrected chi connectivity index (χ1v) is 13.9. The van der Waals surface area contributed by atoms with Gasteiger partial charge in [-0.3, -0.25) is 9.59 Å². The predicted octanol–water partition coefficient (Wildman–Crippen LogP) is 3.64. The number of nitrogens with zero attached hydrogens (tertiary/aromatic N) is 2. The Morgan fingerprint density at radius 1 is 0.971 bits per heavy atom. The molecule has 4 aliphatic carbocycles. The van der Waals surface area contributed by atoms with Gasteiger partial charge in [-0.05, 0) is 100 Å². The summed E-state index contributed by atoms with van der Waals surface area (Å²) in [5.41, 5.74) is 0.303. The number of nitrogens with one attached hydrogen (secondary N) is 1. The number of benzene rings is 1. The van der Waals surface area contributed by atoms with E-state index in [0.29, 0.717) is 36.5 Å². The molecule has 7 nitrogen and oxygen atoms in total. The van der Waals surface area contributed by atoms with Crippen LogP contribution in [0.3, 0.4) is 0 Å². The van der Waals surface area contributed by atoms with Gasteiger partial charge in [0.1, 0.15) is 0 Å². The fourth-order valence-corrected chi connectivity index (χ4v) is 9.49. The van der Waals surface area contributed by atoms with E-state index in [1.54, 1.807) is 16.4 Å². The van der Waals surface area contributed by atoms with Gasteiger partial charge in [0.05, 0.1) is 10.3 Å². The molecule has 2 amide bonds. The summed E-state index contributed by atoms with van der Waals surface area (Å²) >= 11 is 0. The van der Waals surface area contributed by atoms with Gasteiger partial charge in [-0.1, -0.05) is 6.58 Å². The summed E-state index contributed by atoms with van der Waals surface area (Å²) in [5.74, 6) is 2.02. The van der Waals surface area contributed by atoms with Crippen molar-refractivity contribution < 1.29 is 18.0 Å². The lowest BCUT2D eigenvalue weighted by Crippen LogP contribution is -2.63. The highest BCUT2D eigenvalue weighted by atomic mass is 32.2. The van der Waals surface area contributed by atoms with Gasteiger partial charge in [-0.2, -0.15) is 4.31 Å². The first-order chi connectivity index (χ1) is 16.1. The average molecular weight is 486 g/mol. The number of hydrogen-bond acceptors (Lipinski definition) is 4. The van der Waals surface area contributed by atoms with Gasteiger partial charge in [-0.15, -0.1) is 0 Å². The third kappa shape index (κ3) is 3.98. The monoisotopic (exact) mass is 485 g/mol. The SMILES string of the molecule is C=CC(=O)Nc1ccc(S(=O)(=O)N2[C@H](C)CN(C(=O)C34CC5CC(CC(C5)C3)C4)C[C@@H]2C)cc1. The van der Waals surface area contributed by atoms with Crippen molar-refractivity contribution in [3.05, 3.63) is 36.9 Å². The van der Waals surface area contributed by atoms with E-state index in [1.165, 1.54) is 31.4 Å². The number of hydrogen-bond donors (Lipinski definition) is 1. The van der Waals surface area contributed by atoms with Crippen molar-refractivity contribution in [3.8, 4) is 0 Å². The van der Waals surface area contributed by atoms with Crippen molar-refractivity contribution >= 4 is 27.5 Å². The average Bonchev–Trinajstić information content (AvgIpc) is 2.77. The Labute approximate surface area is 202 Å². The quantitative estimate of drug-likeness (QED) is 0.645. The lowest BCUT2D eigenvalue weighted by molar-refractivity contribution is -0.160. The number of piperazine rings is 1. The van der Waals surface area contributed by atoms with Gasteiger partial charge in [-0.25, -0.2) is 8.42 Å². The van der Waals surface area contributed by atoms with Crippen LogP contribution >= 0.6 is 0 Å². The zero-order valence-electron chi connectivity index (χ0n) is 20.1. The van der Waals surface area contributed by atoms with E-state index >= 15 is 0 Å². The summed E-state index contributed by atoms with van der Waals surface area (Å²) in [4.78, 5) is 27.5. The van der Waals surface area contributed by atoms with Gasteiger partial charge < -0.3 is 10.2 Å². The number of anilines is 1. The number of amides is 2. The third-order valence-electron chi connectivity index (χ3n) is 8.50. The molecule has 34 heavy (non-hydrogen) atoms.